The number of allylic oxidation sites excluding steroid dienone is 5. The Hall–Kier alpha value is -1.57. The molecule has 0 saturated heterocycles. The normalized spacial score (nSPS) is 32.8. The van der Waals surface area contributed by atoms with E-state index >= 15 is 0 Å². The number of fused-ring (bicyclic) bond motifs is 2. The van der Waals surface area contributed by atoms with E-state index in [0.29, 0.717) is 0 Å². The van der Waals surface area contributed by atoms with Gasteiger partial charge in [0.1, 0.15) is 5.41 Å². The van der Waals surface area contributed by atoms with Crippen LogP contribution in [0.15, 0.2) is 47.1 Å². The van der Waals surface area contributed by atoms with Crippen LogP contribution in [0.1, 0.15) is 6.42 Å². The highest BCUT2D eigenvalue weighted by molar-refractivity contribution is 5.91. The third kappa shape index (κ3) is 0.663. The number of carbonyl (C=O) groups is 1. The Bertz CT molecular complexity index is 435. The molecule has 0 aliphatic heterocycles. The molecule has 0 heterocycles. The van der Waals surface area contributed by atoms with E-state index < -0.39 is 11.4 Å². The van der Waals surface area contributed by atoms with Gasteiger partial charge in [-0.15, -0.1) is 0 Å². The molecular weight excluding hydrogens is 164 g/mol. The van der Waals surface area contributed by atoms with Crippen molar-refractivity contribution in [2.75, 3.05) is 0 Å². The molecule has 13 heavy (non-hydrogen) atoms. The van der Waals surface area contributed by atoms with E-state index in [1.54, 1.807) is 12.2 Å². The van der Waals surface area contributed by atoms with Gasteiger partial charge in [-0.1, -0.05) is 30.4 Å². The van der Waals surface area contributed by atoms with Gasteiger partial charge in [0, 0.05) is 0 Å². The van der Waals surface area contributed by atoms with Gasteiger partial charge in [-0.25, -0.2) is 0 Å². The van der Waals surface area contributed by atoms with Crippen molar-refractivity contribution < 1.29 is 9.90 Å². The Morgan fingerprint density at radius 1 is 1.46 bits per heavy atom. The summed E-state index contributed by atoms with van der Waals surface area (Å²) in [6.45, 7) is 0. The summed E-state index contributed by atoms with van der Waals surface area (Å²) >= 11 is 0. The van der Waals surface area contributed by atoms with Gasteiger partial charge in [-0.3, -0.25) is 4.79 Å². The lowest BCUT2D eigenvalue weighted by molar-refractivity contribution is -0.141. The number of hydrogen-bond acceptors (Lipinski definition) is 1. The molecule has 0 bridgehead atoms. The van der Waals surface area contributed by atoms with Gasteiger partial charge in [-0.2, -0.15) is 0 Å². The van der Waals surface area contributed by atoms with Gasteiger partial charge in [0.2, 0.25) is 0 Å². The van der Waals surface area contributed by atoms with Gasteiger partial charge in [0.05, 0.1) is 0 Å². The van der Waals surface area contributed by atoms with Crippen molar-refractivity contribution in [3.63, 3.8) is 0 Å². The molecule has 1 fully saturated rings. The van der Waals surface area contributed by atoms with Crippen molar-refractivity contribution in [2.45, 2.75) is 6.42 Å². The van der Waals surface area contributed by atoms with Crippen LogP contribution in [0, 0.1) is 5.41 Å². The summed E-state index contributed by atoms with van der Waals surface area (Å²) in [5.74, 6) is -0.768. The van der Waals surface area contributed by atoms with Crippen LogP contribution in [0.3, 0.4) is 0 Å². The first kappa shape index (κ1) is 6.89. The Balaban J connectivity index is 2.24. The highest BCUT2D eigenvalue weighted by atomic mass is 16.4. The molecule has 0 aromatic heterocycles. The average molecular weight is 172 g/mol. The second-order valence-electron chi connectivity index (χ2n) is 3.63. The highest BCUT2D eigenvalue weighted by Gasteiger charge is 2.48. The number of carboxylic acid groups (broad SMARTS) is 1. The van der Waals surface area contributed by atoms with Crippen LogP contribution in [-0.4, -0.2) is 11.1 Å². The smallest absolute Gasteiger partial charge is 0.322 e. The average Bonchev–Trinajstić information content (AvgIpc) is 2.79. The number of hydrogen-bond donors (Lipinski definition) is 1. The third-order valence-electron chi connectivity index (χ3n) is 2.89. The fraction of sp³-hybridized carbons (Fsp3) is 0.182. The molecule has 2 heteroatoms. The van der Waals surface area contributed by atoms with Gasteiger partial charge >= 0.3 is 5.97 Å². The summed E-state index contributed by atoms with van der Waals surface area (Å²) in [4.78, 5) is 11.2. The molecule has 2 nitrogen and oxygen atoms in total. The lowest BCUT2D eigenvalue weighted by Gasteiger charge is -2.23. The first-order valence-electron chi connectivity index (χ1n) is 4.29. The van der Waals surface area contributed by atoms with Gasteiger partial charge in [0.15, 0.2) is 0 Å². The highest BCUT2D eigenvalue weighted by Crippen LogP contribution is 2.56. The van der Waals surface area contributed by atoms with Crippen LogP contribution in [0.2, 0.25) is 0 Å². The maximum atomic E-state index is 11.2. The predicted molar refractivity (Wildman–Crippen MR) is 48.1 cm³/mol. The zero-order chi connectivity index (χ0) is 9.05. The Labute approximate surface area is 75.6 Å². The summed E-state index contributed by atoms with van der Waals surface area (Å²) in [7, 11) is 0. The molecule has 0 amide bonds. The molecule has 1 unspecified atom stereocenters. The van der Waals surface area contributed by atoms with E-state index in [-0.39, 0.29) is 0 Å². The first-order chi connectivity index (χ1) is 6.24. The number of carboxylic acids is 1. The van der Waals surface area contributed by atoms with Crippen LogP contribution in [-0.2, 0) is 4.79 Å². The second-order valence-corrected chi connectivity index (χ2v) is 3.63. The molecule has 3 rings (SSSR count). The SMILES string of the molecule is O=C(O)C12C=CC=CC1=C1CC1=C2. The molecule has 0 spiro atoms. The van der Waals surface area contributed by atoms with Crippen molar-refractivity contribution in [2.24, 2.45) is 5.41 Å². The van der Waals surface area contributed by atoms with Crippen LogP contribution in [0.25, 0.3) is 0 Å². The van der Waals surface area contributed by atoms with Crippen molar-refractivity contribution in [1.29, 1.82) is 0 Å². The molecule has 0 radical (unpaired) electrons. The Kier molecular flexibility index (Phi) is 0.978. The van der Waals surface area contributed by atoms with E-state index in [1.807, 2.05) is 18.2 Å². The Morgan fingerprint density at radius 3 is 3.00 bits per heavy atom. The van der Waals surface area contributed by atoms with Crippen molar-refractivity contribution in [1.82, 2.24) is 0 Å². The van der Waals surface area contributed by atoms with Crippen LogP contribution >= 0.6 is 0 Å². The molecule has 0 aromatic carbocycles. The van der Waals surface area contributed by atoms with E-state index in [1.165, 1.54) is 11.1 Å². The predicted octanol–water partition coefficient (Wildman–Crippen LogP) is 1.82. The molecule has 1 saturated carbocycles. The van der Waals surface area contributed by atoms with Crippen LogP contribution < -0.4 is 0 Å². The summed E-state index contributed by atoms with van der Waals surface area (Å²) in [6, 6.07) is 0. The lowest BCUT2D eigenvalue weighted by atomic mass is 9.78. The molecule has 3 aliphatic carbocycles. The van der Waals surface area contributed by atoms with Crippen LogP contribution in [0.4, 0.5) is 0 Å². The van der Waals surface area contributed by atoms with Gasteiger partial charge in [0.25, 0.3) is 0 Å². The van der Waals surface area contributed by atoms with E-state index in [0.717, 1.165) is 12.0 Å². The van der Waals surface area contributed by atoms with Crippen LogP contribution in [0.5, 0.6) is 0 Å². The fourth-order valence-corrected chi connectivity index (χ4v) is 2.14. The van der Waals surface area contributed by atoms with E-state index in [2.05, 4.69) is 0 Å². The molecular formula is C11H8O2. The molecule has 1 N–H and O–H groups in total. The van der Waals surface area contributed by atoms with E-state index in [9.17, 15) is 9.90 Å². The fourth-order valence-electron chi connectivity index (χ4n) is 2.14. The molecule has 1 atom stereocenters. The minimum absolute atomic E-state index is 0.768. The van der Waals surface area contributed by atoms with Crippen molar-refractivity contribution in [3.8, 4) is 0 Å². The van der Waals surface area contributed by atoms with Crippen molar-refractivity contribution in [3.05, 3.63) is 47.1 Å². The largest absolute Gasteiger partial charge is 0.480 e. The van der Waals surface area contributed by atoms with Crippen molar-refractivity contribution >= 4 is 5.97 Å². The Morgan fingerprint density at radius 2 is 2.31 bits per heavy atom. The topological polar surface area (TPSA) is 37.3 Å². The third-order valence-corrected chi connectivity index (χ3v) is 2.89. The minimum atomic E-state index is -0.822. The molecule has 3 aliphatic rings. The lowest BCUT2D eigenvalue weighted by Crippen LogP contribution is -2.28. The molecule has 0 aromatic rings. The zero-order valence-electron chi connectivity index (χ0n) is 6.95. The summed E-state index contributed by atoms with van der Waals surface area (Å²) < 4.78 is 0. The van der Waals surface area contributed by atoms with E-state index in [4.69, 9.17) is 0 Å². The maximum absolute atomic E-state index is 11.2. The summed E-state index contributed by atoms with van der Waals surface area (Å²) in [6.07, 6.45) is 10.2. The maximum Gasteiger partial charge on any atom is 0.322 e. The van der Waals surface area contributed by atoms with Gasteiger partial charge < -0.3 is 5.11 Å². The minimum Gasteiger partial charge on any atom is -0.480 e. The first-order valence-corrected chi connectivity index (χ1v) is 4.29. The summed E-state index contributed by atoms with van der Waals surface area (Å²) in [5, 5.41) is 9.17. The quantitative estimate of drug-likeness (QED) is 0.655. The molecule has 64 valence electrons. The second kappa shape index (κ2) is 1.84. The standard InChI is InChI=1S/C11H8O2/c12-10(13)11-4-2-1-3-9(11)8-5-7(8)6-11/h1-4,6H,5H2,(H,12,13). The summed E-state index contributed by atoms with van der Waals surface area (Å²) in [5.41, 5.74) is 2.60. The number of rotatable bonds is 1. The zero-order valence-corrected chi connectivity index (χ0v) is 6.95. The monoisotopic (exact) mass is 172 g/mol. The number of aliphatic carboxylic acids is 1. The van der Waals surface area contributed by atoms with Gasteiger partial charge in [-0.05, 0) is 23.1 Å².